The summed E-state index contributed by atoms with van der Waals surface area (Å²) < 4.78 is 42.2. The molecule has 0 bridgehead atoms. The van der Waals surface area contributed by atoms with Crippen LogP contribution >= 0.6 is 0 Å². The quantitative estimate of drug-likeness (QED) is 0.389. The van der Waals surface area contributed by atoms with Gasteiger partial charge < -0.3 is 21.0 Å². The van der Waals surface area contributed by atoms with E-state index in [2.05, 4.69) is 31.8 Å². The lowest BCUT2D eigenvalue weighted by Gasteiger charge is -2.28. The largest absolute Gasteiger partial charge is 0.430 e. The van der Waals surface area contributed by atoms with Crippen molar-refractivity contribution in [2.24, 2.45) is 5.73 Å². The molecule has 0 fully saturated rings. The first kappa shape index (κ1) is 22.7. The van der Waals surface area contributed by atoms with Crippen molar-refractivity contribution in [1.29, 1.82) is 0 Å². The minimum absolute atomic E-state index is 0.00213. The third kappa shape index (κ3) is 3.89. The first-order chi connectivity index (χ1) is 16.0. The second kappa shape index (κ2) is 8.13. The van der Waals surface area contributed by atoms with Gasteiger partial charge in [-0.15, -0.1) is 0 Å². The molecule has 1 unspecified atom stereocenters. The lowest BCUT2D eigenvalue weighted by atomic mass is 9.89. The highest BCUT2D eigenvalue weighted by molar-refractivity contribution is 5.86. The highest BCUT2D eigenvalue weighted by atomic mass is 19.4. The van der Waals surface area contributed by atoms with Crippen LogP contribution in [0.4, 0.5) is 19.0 Å². The predicted molar refractivity (Wildman–Crippen MR) is 115 cm³/mol. The zero-order valence-corrected chi connectivity index (χ0v) is 17.5. The number of halogens is 3. The first-order valence-electron chi connectivity index (χ1n) is 9.64. The zero-order chi connectivity index (χ0) is 24.7. The van der Waals surface area contributed by atoms with Crippen molar-refractivity contribution in [3.8, 4) is 23.1 Å². The molecule has 4 aromatic rings. The van der Waals surface area contributed by atoms with Gasteiger partial charge in [0.1, 0.15) is 5.69 Å². The molecule has 172 valence electrons. The van der Waals surface area contributed by atoms with E-state index in [0.717, 1.165) is 12.1 Å². The van der Waals surface area contributed by atoms with Crippen LogP contribution in [-0.4, -0.2) is 41.5 Å². The molecule has 4 rings (SSSR count). The molecular formula is C22H16F3N7O2. The molecule has 0 aliphatic rings. The van der Waals surface area contributed by atoms with Crippen LogP contribution in [0.3, 0.4) is 0 Å². The van der Waals surface area contributed by atoms with E-state index >= 15 is 0 Å². The Morgan fingerprint density at radius 1 is 1.15 bits per heavy atom. The van der Waals surface area contributed by atoms with Crippen LogP contribution in [0, 0.1) is 18.8 Å². The average molecular weight is 467 g/mol. The van der Waals surface area contributed by atoms with Crippen molar-refractivity contribution in [3.63, 3.8) is 0 Å². The summed E-state index contributed by atoms with van der Waals surface area (Å²) in [6, 6.07) is 3.26. The second-order valence-electron chi connectivity index (χ2n) is 7.31. The molecule has 1 aromatic carbocycles. The maximum absolute atomic E-state index is 13.5. The van der Waals surface area contributed by atoms with Crippen LogP contribution in [0.2, 0.25) is 0 Å². The molecule has 0 radical (unpaired) electrons. The Balaban J connectivity index is 1.77. The van der Waals surface area contributed by atoms with E-state index in [1.54, 1.807) is 29.9 Å². The number of fused-ring (bicyclic) bond motifs is 1. The number of carbonyl (C=O) groups is 1. The number of anilines is 1. The molecule has 9 nitrogen and oxygen atoms in total. The summed E-state index contributed by atoms with van der Waals surface area (Å²) in [6.45, 7) is 1.61. The summed E-state index contributed by atoms with van der Waals surface area (Å²) in [7, 11) is 0. The molecule has 3 aromatic heterocycles. The Bertz CT molecular complexity index is 1490. The summed E-state index contributed by atoms with van der Waals surface area (Å²) in [5, 5.41) is 10.1. The van der Waals surface area contributed by atoms with E-state index in [9.17, 15) is 23.1 Å². The van der Waals surface area contributed by atoms with Gasteiger partial charge in [0.2, 0.25) is 0 Å². The third-order valence-electron chi connectivity index (χ3n) is 5.09. The summed E-state index contributed by atoms with van der Waals surface area (Å²) in [5.41, 5.74) is 8.05. The Labute approximate surface area is 190 Å². The second-order valence-corrected chi connectivity index (χ2v) is 7.31. The molecule has 0 aliphatic carbocycles. The molecule has 0 spiro atoms. The highest BCUT2D eigenvalue weighted by Gasteiger charge is 2.60. The first-order valence-corrected chi connectivity index (χ1v) is 9.64. The molecule has 0 saturated carbocycles. The summed E-state index contributed by atoms with van der Waals surface area (Å²) in [5.74, 6) is 3.61. The number of amides is 1. The number of imidazole rings is 1. The van der Waals surface area contributed by atoms with Crippen molar-refractivity contribution < 1.29 is 23.1 Å². The number of hydrogen-bond donors (Lipinski definition) is 3. The minimum Gasteiger partial charge on any atom is -0.381 e. The fourth-order valence-corrected chi connectivity index (χ4v) is 3.20. The molecule has 5 N–H and O–H groups in total. The molecule has 3 heterocycles. The van der Waals surface area contributed by atoms with E-state index in [1.807, 2.05) is 0 Å². The monoisotopic (exact) mass is 467 g/mol. The Hall–Kier alpha value is -4.50. The number of aromatic nitrogens is 5. The van der Waals surface area contributed by atoms with Gasteiger partial charge >= 0.3 is 6.18 Å². The molecule has 0 aliphatic heterocycles. The Morgan fingerprint density at radius 3 is 2.62 bits per heavy atom. The van der Waals surface area contributed by atoms with Crippen LogP contribution in [-0.2, 0) is 10.4 Å². The maximum atomic E-state index is 13.5. The molecule has 1 atom stereocenters. The van der Waals surface area contributed by atoms with Crippen LogP contribution in [0.1, 0.15) is 22.5 Å². The summed E-state index contributed by atoms with van der Waals surface area (Å²) in [6.07, 6.45) is 2.43. The number of aryl methyl sites for hydroxylation is 1. The summed E-state index contributed by atoms with van der Waals surface area (Å²) in [4.78, 5) is 28.2. The fraction of sp³-hybridized carbons (Fsp3) is 0.136. The van der Waals surface area contributed by atoms with E-state index in [1.165, 1.54) is 18.5 Å². The van der Waals surface area contributed by atoms with Gasteiger partial charge in [0, 0.05) is 29.7 Å². The minimum atomic E-state index is -5.34. The van der Waals surface area contributed by atoms with Gasteiger partial charge in [-0.25, -0.2) is 19.9 Å². The normalized spacial score (nSPS) is 13.2. The maximum Gasteiger partial charge on any atom is 0.430 e. The SMILES string of the molecule is Cc1ccc(C(O)(C(N)=O)C(F)(F)F)cc1-c1cnc(N)c(C#Cc2cn3ccnc3cn2)n1. The number of carbonyl (C=O) groups excluding carboxylic acids is 1. The fourth-order valence-electron chi connectivity index (χ4n) is 3.20. The number of nitrogens with zero attached hydrogens (tertiary/aromatic N) is 5. The number of primary amides is 1. The van der Waals surface area contributed by atoms with Crippen LogP contribution in [0.5, 0.6) is 0 Å². The average Bonchev–Trinajstić information content (AvgIpc) is 3.25. The molecule has 34 heavy (non-hydrogen) atoms. The van der Waals surface area contributed by atoms with Gasteiger partial charge in [-0.1, -0.05) is 12.1 Å². The van der Waals surface area contributed by atoms with Gasteiger partial charge in [-0.3, -0.25) is 4.79 Å². The van der Waals surface area contributed by atoms with Crippen LogP contribution < -0.4 is 11.5 Å². The topological polar surface area (TPSA) is 145 Å². The molecule has 12 heteroatoms. The standard InChI is InChI=1S/C22H16F3N7O2/c1-12-2-3-13(21(34,20(27)33)22(23,24)25)8-15(12)17-9-30-19(26)16(31-17)5-4-14-11-32-7-6-28-18(32)10-29-14/h2-3,6-11,34H,1H3,(H2,26,30)(H2,27,33). The van der Waals surface area contributed by atoms with Crippen molar-refractivity contribution in [3.05, 3.63) is 71.7 Å². The molecule has 1 amide bonds. The smallest absolute Gasteiger partial charge is 0.381 e. The Kier molecular flexibility index (Phi) is 5.42. The Morgan fingerprint density at radius 2 is 1.91 bits per heavy atom. The molecule has 0 saturated heterocycles. The van der Waals surface area contributed by atoms with E-state index in [0.29, 0.717) is 16.9 Å². The van der Waals surface area contributed by atoms with E-state index in [4.69, 9.17) is 11.5 Å². The highest BCUT2D eigenvalue weighted by Crippen LogP contribution is 2.40. The lowest BCUT2D eigenvalue weighted by Crippen LogP contribution is -2.52. The van der Waals surface area contributed by atoms with Gasteiger partial charge in [0.05, 0.1) is 18.1 Å². The number of rotatable bonds is 3. The predicted octanol–water partition coefficient (Wildman–Crippen LogP) is 1.71. The van der Waals surface area contributed by atoms with Crippen molar-refractivity contribution >= 4 is 17.4 Å². The van der Waals surface area contributed by atoms with Gasteiger partial charge in [-0.2, -0.15) is 13.2 Å². The van der Waals surface area contributed by atoms with E-state index in [-0.39, 0.29) is 22.8 Å². The van der Waals surface area contributed by atoms with Gasteiger partial charge in [0.25, 0.3) is 11.5 Å². The van der Waals surface area contributed by atoms with Crippen LogP contribution in [0.15, 0.2) is 49.2 Å². The number of alkyl halides is 3. The lowest BCUT2D eigenvalue weighted by molar-refractivity contribution is -0.255. The van der Waals surface area contributed by atoms with Crippen molar-refractivity contribution in [2.45, 2.75) is 18.7 Å². The number of hydrogen-bond acceptors (Lipinski definition) is 7. The number of nitrogen functional groups attached to an aromatic ring is 1. The molecular weight excluding hydrogens is 451 g/mol. The van der Waals surface area contributed by atoms with Crippen molar-refractivity contribution in [1.82, 2.24) is 24.3 Å². The number of nitrogens with two attached hydrogens (primary N) is 2. The van der Waals surface area contributed by atoms with Crippen molar-refractivity contribution in [2.75, 3.05) is 5.73 Å². The van der Waals surface area contributed by atoms with Crippen LogP contribution in [0.25, 0.3) is 16.9 Å². The van der Waals surface area contributed by atoms with Gasteiger partial charge in [0.15, 0.2) is 17.2 Å². The number of aliphatic hydroxyl groups is 1. The van der Waals surface area contributed by atoms with E-state index < -0.39 is 23.2 Å². The third-order valence-corrected chi connectivity index (χ3v) is 5.09. The summed E-state index contributed by atoms with van der Waals surface area (Å²) >= 11 is 0. The number of benzene rings is 1. The zero-order valence-electron chi connectivity index (χ0n) is 17.5. The van der Waals surface area contributed by atoms with Gasteiger partial charge in [-0.05, 0) is 30.4 Å².